The zero-order valence-corrected chi connectivity index (χ0v) is 14.9. The maximum absolute atomic E-state index is 12.8. The van der Waals surface area contributed by atoms with Crippen molar-refractivity contribution < 1.29 is 8.42 Å². The van der Waals surface area contributed by atoms with Crippen molar-refractivity contribution in [3.63, 3.8) is 0 Å². The molecule has 0 amide bonds. The highest BCUT2D eigenvalue weighted by Gasteiger charge is 2.29. The van der Waals surface area contributed by atoms with E-state index in [4.69, 9.17) is 0 Å². The van der Waals surface area contributed by atoms with Gasteiger partial charge in [0.05, 0.1) is 4.90 Å². The molecule has 4 nitrogen and oxygen atoms in total. The van der Waals surface area contributed by atoms with Crippen molar-refractivity contribution in [3.8, 4) is 0 Å². The molecule has 0 aliphatic carbocycles. The third kappa shape index (κ3) is 3.53. The van der Waals surface area contributed by atoms with Gasteiger partial charge in [-0.3, -0.25) is 0 Å². The van der Waals surface area contributed by atoms with Crippen molar-refractivity contribution in [3.05, 3.63) is 29.8 Å². The first kappa shape index (κ1) is 17.4. The highest BCUT2D eigenvalue weighted by Crippen LogP contribution is 2.28. The van der Waals surface area contributed by atoms with Crippen LogP contribution in [0.4, 0.5) is 0 Å². The average molecular weight is 324 g/mol. The Morgan fingerprint density at radius 3 is 2.23 bits per heavy atom. The van der Waals surface area contributed by atoms with Gasteiger partial charge in [-0.1, -0.05) is 32.9 Å². The Balaban J connectivity index is 2.22. The predicted octanol–water partition coefficient (Wildman–Crippen LogP) is 2.75. The number of rotatable bonds is 5. The monoisotopic (exact) mass is 324 g/mol. The summed E-state index contributed by atoms with van der Waals surface area (Å²) >= 11 is 0. The van der Waals surface area contributed by atoms with Gasteiger partial charge in [-0.25, -0.2) is 8.42 Å². The Morgan fingerprint density at radius 2 is 1.73 bits per heavy atom. The number of nitrogens with one attached hydrogen (secondary N) is 1. The van der Waals surface area contributed by atoms with E-state index in [-0.39, 0.29) is 11.5 Å². The first-order valence-corrected chi connectivity index (χ1v) is 9.52. The molecule has 1 aliphatic rings. The summed E-state index contributed by atoms with van der Waals surface area (Å²) < 4.78 is 27.1. The zero-order chi connectivity index (χ0) is 16.4. The molecule has 22 heavy (non-hydrogen) atoms. The van der Waals surface area contributed by atoms with Gasteiger partial charge in [0, 0.05) is 13.1 Å². The van der Waals surface area contributed by atoms with Crippen LogP contribution in [0.15, 0.2) is 29.2 Å². The minimum Gasteiger partial charge on any atom is -0.317 e. The lowest BCUT2D eigenvalue weighted by atomic mass is 9.82. The average Bonchev–Trinajstić information content (AvgIpc) is 2.55. The number of sulfonamides is 1. The molecule has 0 unspecified atom stereocenters. The normalized spacial score (nSPS) is 17.9. The van der Waals surface area contributed by atoms with Crippen LogP contribution >= 0.6 is 0 Å². The fourth-order valence-corrected chi connectivity index (χ4v) is 4.23. The third-order valence-electron chi connectivity index (χ3n) is 5.02. The van der Waals surface area contributed by atoms with Crippen LogP contribution in [0.3, 0.4) is 0 Å². The second-order valence-electron chi connectivity index (χ2n) is 6.76. The van der Waals surface area contributed by atoms with E-state index in [0.29, 0.717) is 4.90 Å². The Morgan fingerprint density at radius 1 is 1.18 bits per heavy atom. The Labute approximate surface area is 135 Å². The third-order valence-corrected chi connectivity index (χ3v) is 6.94. The quantitative estimate of drug-likeness (QED) is 0.906. The van der Waals surface area contributed by atoms with E-state index in [2.05, 4.69) is 26.1 Å². The number of nitrogens with zero attached hydrogens (tertiary/aromatic N) is 1. The molecule has 0 atom stereocenters. The van der Waals surface area contributed by atoms with Gasteiger partial charge in [-0.2, -0.15) is 4.31 Å². The molecule has 2 rings (SSSR count). The first-order valence-electron chi connectivity index (χ1n) is 8.08. The van der Waals surface area contributed by atoms with Gasteiger partial charge in [-0.15, -0.1) is 0 Å². The number of piperidine rings is 1. The predicted molar refractivity (Wildman–Crippen MR) is 90.6 cm³/mol. The molecule has 1 aromatic carbocycles. The molecule has 1 aliphatic heterocycles. The van der Waals surface area contributed by atoms with E-state index in [9.17, 15) is 8.42 Å². The first-order chi connectivity index (χ1) is 10.3. The van der Waals surface area contributed by atoms with Crippen molar-refractivity contribution in [2.24, 2.45) is 0 Å². The van der Waals surface area contributed by atoms with Crippen LogP contribution in [0, 0.1) is 0 Å². The summed E-state index contributed by atoms with van der Waals surface area (Å²) in [5.74, 6) is 0. The van der Waals surface area contributed by atoms with Crippen LogP contribution in [0.1, 0.15) is 45.6 Å². The van der Waals surface area contributed by atoms with E-state index >= 15 is 0 Å². The van der Waals surface area contributed by atoms with Crippen molar-refractivity contribution in [2.75, 3.05) is 20.1 Å². The highest BCUT2D eigenvalue weighted by molar-refractivity contribution is 7.89. The summed E-state index contributed by atoms with van der Waals surface area (Å²) in [6.07, 6.45) is 2.77. The molecule has 0 saturated carbocycles. The summed E-state index contributed by atoms with van der Waals surface area (Å²) in [4.78, 5) is 0.393. The minimum atomic E-state index is -3.40. The van der Waals surface area contributed by atoms with Crippen LogP contribution in [-0.4, -0.2) is 38.9 Å². The SMILES string of the molecule is CCC(C)(C)c1ccc(S(=O)(=O)N(C)C2CCNCC2)cc1. The standard InChI is InChI=1S/C17H28N2O2S/c1-5-17(2,3)14-6-8-16(9-7-14)22(20,21)19(4)15-10-12-18-13-11-15/h6-9,15,18H,5,10-13H2,1-4H3. The van der Waals surface area contributed by atoms with Gasteiger partial charge in [0.15, 0.2) is 0 Å². The molecular formula is C17H28N2O2S. The van der Waals surface area contributed by atoms with E-state index in [0.717, 1.165) is 32.4 Å². The Hall–Kier alpha value is -0.910. The Kier molecular flexibility index (Phi) is 5.30. The Bertz CT molecular complexity index is 588. The maximum Gasteiger partial charge on any atom is 0.243 e. The van der Waals surface area contributed by atoms with Gasteiger partial charge >= 0.3 is 0 Å². The lowest BCUT2D eigenvalue weighted by molar-refractivity contribution is 0.296. The summed E-state index contributed by atoms with van der Waals surface area (Å²) in [6.45, 7) is 8.27. The number of benzene rings is 1. The van der Waals surface area contributed by atoms with Gasteiger partial charge in [0.2, 0.25) is 10.0 Å². The summed E-state index contributed by atoms with van der Waals surface area (Å²) in [7, 11) is -1.70. The van der Waals surface area contributed by atoms with Crippen molar-refractivity contribution >= 4 is 10.0 Å². The van der Waals surface area contributed by atoms with Crippen LogP contribution in [0.25, 0.3) is 0 Å². The molecule has 1 N–H and O–H groups in total. The summed E-state index contributed by atoms with van der Waals surface area (Å²) in [5.41, 5.74) is 1.25. The molecule has 0 radical (unpaired) electrons. The van der Waals surface area contributed by atoms with E-state index < -0.39 is 10.0 Å². The number of hydrogen-bond donors (Lipinski definition) is 1. The molecule has 124 valence electrons. The topological polar surface area (TPSA) is 49.4 Å². The second kappa shape index (κ2) is 6.69. The fraction of sp³-hybridized carbons (Fsp3) is 0.647. The molecule has 1 saturated heterocycles. The fourth-order valence-electron chi connectivity index (χ4n) is 2.82. The molecular weight excluding hydrogens is 296 g/mol. The highest BCUT2D eigenvalue weighted by atomic mass is 32.2. The summed E-state index contributed by atoms with van der Waals surface area (Å²) in [6, 6.07) is 7.50. The van der Waals surface area contributed by atoms with Crippen LogP contribution in [0.5, 0.6) is 0 Å². The molecule has 1 aromatic rings. The van der Waals surface area contributed by atoms with Gasteiger partial charge in [0.25, 0.3) is 0 Å². The van der Waals surface area contributed by atoms with Gasteiger partial charge < -0.3 is 5.32 Å². The maximum atomic E-state index is 12.8. The minimum absolute atomic E-state index is 0.0727. The van der Waals surface area contributed by atoms with E-state index in [1.54, 1.807) is 23.5 Å². The van der Waals surface area contributed by atoms with Crippen molar-refractivity contribution in [2.45, 2.75) is 56.4 Å². The van der Waals surface area contributed by atoms with Crippen LogP contribution in [0.2, 0.25) is 0 Å². The zero-order valence-electron chi connectivity index (χ0n) is 14.1. The lowest BCUT2D eigenvalue weighted by Crippen LogP contribution is -2.43. The number of hydrogen-bond acceptors (Lipinski definition) is 3. The largest absolute Gasteiger partial charge is 0.317 e. The molecule has 0 bridgehead atoms. The van der Waals surface area contributed by atoms with Gasteiger partial charge in [-0.05, 0) is 55.5 Å². The molecule has 1 heterocycles. The smallest absolute Gasteiger partial charge is 0.243 e. The van der Waals surface area contributed by atoms with Crippen LogP contribution in [-0.2, 0) is 15.4 Å². The van der Waals surface area contributed by atoms with E-state index in [1.807, 2.05) is 12.1 Å². The summed E-state index contributed by atoms with van der Waals surface area (Å²) in [5, 5.41) is 3.27. The molecule has 0 aromatic heterocycles. The molecule has 1 fully saturated rings. The van der Waals surface area contributed by atoms with Gasteiger partial charge in [0.1, 0.15) is 0 Å². The lowest BCUT2D eigenvalue weighted by Gasteiger charge is -2.31. The molecule has 5 heteroatoms. The second-order valence-corrected chi connectivity index (χ2v) is 8.76. The molecule has 0 spiro atoms. The van der Waals surface area contributed by atoms with Crippen molar-refractivity contribution in [1.82, 2.24) is 9.62 Å². The van der Waals surface area contributed by atoms with E-state index in [1.165, 1.54) is 5.56 Å². The van der Waals surface area contributed by atoms with Crippen LogP contribution < -0.4 is 5.32 Å². The van der Waals surface area contributed by atoms with Crippen molar-refractivity contribution in [1.29, 1.82) is 0 Å².